The zero-order valence-electron chi connectivity index (χ0n) is 13.6. The van der Waals surface area contributed by atoms with Crippen LogP contribution < -0.4 is 10.2 Å². The number of benzene rings is 2. The molecule has 1 atom stereocenters. The second-order valence-corrected chi connectivity index (χ2v) is 6.84. The van der Waals surface area contributed by atoms with E-state index in [4.69, 9.17) is 0 Å². The second kappa shape index (κ2) is 6.33. The highest BCUT2D eigenvalue weighted by Crippen LogP contribution is 2.38. The van der Waals surface area contributed by atoms with Gasteiger partial charge in [0.1, 0.15) is 12.0 Å². The standard InChI is InChI=1S/C20H16BrN3O/c1-13-10-11-18(22-12-13)24-19(23-17-9-5-4-8-16(17)21)14-6-2-3-7-15(14)20(24)25/h2-12,19,23H,1H3/t19-/m1/s1. The molecule has 0 saturated carbocycles. The number of pyridine rings is 1. The summed E-state index contributed by atoms with van der Waals surface area (Å²) in [6, 6.07) is 19.4. The van der Waals surface area contributed by atoms with Crippen LogP contribution in [0.5, 0.6) is 0 Å². The lowest BCUT2D eigenvalue weighted by Crippen LogP contribution is -2.33. The number of carbonyl (C=O) groups is 1. The van der Waals surface area contributed by atoms with E-state index in [0.717, 1.165) is 21.3 Å². The van der Waals surface area contributed by atoms with Gasteiger partial charge in [-0.3, -0.25) is 9.69 Å². The number of amides is 1. The molecule has 0 bridgehead atoms. The van der Waals surface area contributed by atoms with E-state index < -0.39 is 0 Å². The summed E-state index contributed by atoms with van der Waals surface area (Å²) in [7, 11) is 0. The van der Waals surface area contributed by atoms with Crippen LogP contribution in [0.1, 0.15) is 27.7 Å². The van der Waals surface area contributed by atoms with Gasteiger partial charge < -0.3 is 5.32 Å². The molecule has 2 heterocycles. The van der Waals surface area contributed by atoms with Gasteiger partial charge in [-0.1, -0.05) is 36.4 Å². The number of nitrogens with zero attached hydrogens (tertiary/aromatic N) is 2. The fourth-order valence-corrected chi connectivity index (χ4v) is 3.42. The Morgan fingerprint density at radius 1 is 1.04 bits per heavy atom. The van der Waals surface area contributed by atoms with Gasteiger partial charge in [-0.2, -0.15) is 0 Å². The highest BCUT2D eigenvalue weighted by molar-refractivity contribution is 9.10. The molecule has 1 aliphatic heterocycles. The van der Waals surface area contributed by atoms with E-state index in [1.165, 1.54) is 0 Å². The van der Waals surface area contributed by atoms with Crippen LogP contribution in [0.15, 0.2) is 71.3 Å². The molecule has 5 heteroatoms. The van der Waals surface area contributed by atoms with Gasteiger partial charge in [0.25, 0.3) is 5.91 Å². The Hall–Kier alpha value is -2.66. The van der Waals surface area contributed by atoms with Crippen LogP contribution in [-0.4, -0.2) is 10.9 Å². The van der Waals surface area contributed by atoms with Gasteiger partial charge >= 0.3 is 0 Å². The van der Waals surface area contributed by atoms with E-state index in [2.05, 4.69) is 26.2 Å². The minimum atomic E-state index is -0.308. The fraction of sp³-hybridized carbons (Fsp3) is 0.100. The molecule has 4 nitrogen and oxygen atoms in total. The van der Waals surface area contributed by atoms with Crippen molar-refractivity contribution in [2.45, 2.75) is 13.1 Å². The molecule has 0 aliphatic carbocycles. The summed E-state index contributed by atoms with van der Waals surface area (Å²) < 4.78 is 0.948. The van der Waals surface area contributed by atoms with Crippen molar-refractivity contribution in [2.24, 2.45) is 0 Å². The van der Waals surface area contributed by atoms with Crippen molar-refractivity contribution in [3.8, 4) is 0 Å². The number of hydrogen-bond acceptors (Lipinski definition) is 3. The molecule has 0 unspecified atom stereocenters. The van der Waals surface area contributed by atoms with E-state index in [9.17, 15) is 4.79 Å². The maximum absolute atomic E-state index is 13.0. The predicted octanol–water partition coefficient (Wildman–Crippen LogP) is 4.92. The van der Waals surface area contributed by atoms with E-state index in [1.807, 2.05) is 67.6 Å². The Bertz CT molecular complexity index is 940. The summed E-state index contributed by atoms with van der Waals surface area (Å²) >= 11 is 3.56. The molecule has 2 aromatic carbocycles. The molecule has 0 fully saturated rings. The molecule has 124 valence electrons. The lowest BCUT2D eigenvalue weighted by atomic mass is 10.1. The summed E-state index contributed by atoms with van der Waals surface area (Å²) in [5, 5.41) is 3.48. The number of anilines is 2. The Balaban J connectivity index is 1.80. The van der Waals surface area contributed by atoms with Gasteiger partial charge in [0.05, 0.1) is 5.69 Å². The quantitative estimate of drug-likeness (QED) is 0.686. The molecule has 3 aromatic rings. The Morgan fingerprint density at radius 2 is 1.80 bits per heavy atom. The molecule has 0 saturated heterocycles. The first-order valence-corrected chi connectivity index (χ1v) is 8.80. The van der Waals surface area contributed by atoms with Gasteiger partial charge in [0.15, 0.2) is 0 Å². The molecule has 1 aromatic heterocycles. The van der Waals surface area contributed by atoms with Crippen LogP contribution in [0, 0.1) is 6.92 Å². The van der Waals surface area contributed by atoms with Crippen molar-refractivity contribution < 1.29 is 4.79 Å². The van der Waals surface area contributed by atoms with Gasteiger partial charge in [-0.05, 0) is 52.7 Å². The van der Waals surface area contributed by atoms with Crippen LogP contribution >= 0.6 is 15.9 Å². The van der Waals surface area contributed by atoms with E-state index in [-0.39, 0.29) is 12.1 Å². The van der Waals surface area contributed by atoms with Gasteiger partial charge in [-0.25, -0.2) is 4.98 Å². The molecule has 1 aliphatic rings. The number of carbonyl (C=O) groups excluding carboxylic acids is 1. The first kappa shape index (κ1) is 15.8. The number of hydrogen-bond donors (Lipinski definition) is 1. The third-order valence-electron chi connectivity index (χ3n) is 4.27. The average Bonchev–Trinajstić information content (AvgIpc) is 2.90. The molecular formula is C20H16BrN3O. The van der Waals surface area contributed by atoms with Crippen LogP contribution in [-0.2, 0) is 0 Å². The smallest absolute Gasteiger partial charge is 0.261 e. The maximum Gasteiger partial charge on any atom is 0.261 e. The number of halogens is 1. The third kappa shape index (κ3) is 2.81. The molecular weight excluding hydrogens is 378 g/mol. The van der Waals surface area contributed by atoms with E-state index in [1.54, 1.807) is 11.1 Å². The molecule has 1 amide bonds. The van der Waals surface area contributed by atoms with Crippen LogP contribution in [0.4, 0.5) is 11.5 Å². The SMILES string of the molecule is Cc1ccc(N2C(=O)c3ccccc3[C@@H]2Nc2ccccc2Br)nc1. The van der Waals surface area contributed by atoms with E-state index in [0.29, 0.717) is 11.4 Å². The predicted molar refractivity (Wildman–Crippen MR) is 103 cm³/mol. The Morgan fingerprint density at radius 3 is 2.56 bits per heavy atom. The highest BCUT2D eigenvalue weighted by atomic mass is 79.9. The molecule has 0 spiro atoms. The second-order valence-electron chi connectivity index (χ2n) is 5.98. The Labute approximate surface area is 154 Å². The number of para-hydroxylation sites is 1. The van der Waals surface area contributed by atoms with Crippen molar-refractivity contribution in [3.05, 3.63) is 88.0 Å². The molecule has 0 radical (unpaired) electrons. The minimum Gasteiger partial charge on any atom is -0.360 e. The van der Waals surface area contributed by atoms with E-state index >= 15 is 0 Å². The number of nitrogens with one attached hydrogen (secondary N) is 1. The third-order valence-corrected chi connectivity index (χ3v) is 4.96. The fourth-order valence-electron chi connectivity index (χ4n) is 3.02. The average molecular weight is 394 g/mol. The van der Waals surface area contributed by atoms with Crippen molar-refractivity contribution in [1.29, 1.82) is 0 Å². The minimum absolute atomic E-state index is 0.0449. The van der Waals surface area contributed by atoms with Crippen molar-refractivity contribution in [2.75, 3.05) is 10.2 Å². The molecule has 1 N–H and O–H groups in total. The van der Waals surface area contributed by atoms with Crippen molar-refractivity contribution in [1.82, 2.24) is 4.98 Å². The first-order chi connectivity index (χ1) is 12.1. The largest absolute Gasteiger partial charge is 0.360 e. The number of aryl methyl sites for hydroxylation is 1. The lowest BCUT2D eigenvalue weighted by molar-refractivity contribution is 0.0992. The molecule has 25 heavy (non-hydrogen) atoms. The van der Waals surface area contributed by atoms with Crippen LogP contribution in [0.2, 0.25) is 0 Å². The summed E-state index contributed by atoms with van der Waals surface area (Å²) in [5.74, 6) is 0.591. The highest BCUT2D eigenvalue weighted by Gasteiger charge is 2.38. The normalized spacial score (nSPS) is 16.0. The summed E-state index contributed by atoms with van der Waals surface area (Å²) in [6.07, 6.45) is 1.47. The van der Waals surface area contributed by atoms with Gasteiger partial charge in [0, 0.05) is 21.8 Å². The zero-order valence-corrected chi connectivity index (χ0v) is 15.2. The lowest BCUT2D eigenvalue weighted by Gasteiger charge is -2.26. The molecule has 4 rings (SSSR count). The van der Waals surface area contributed by atoms with Gasteiger partial charge in [0.2, 0.25) is 0 Å². The van der Waals surface area contributed by atoms with Crippen molar-refractivity contribution >= 4 is 33.3 Å². The number of rotatable bonds is 3. The summed E-state index contributed by atoms with van der Waals surface area (Å²) in [5.41, 5.74) is 3.64. The van der Waals surface area contributed by atoms with Gasteiger partial charge in [-0.15, -0.1) is 0 Å². The van der Waals surface area contributed by atoms with Crippen molar-refractivity contribution in [3.63, 3.8) is 0 Å². The number of fused-ring (bicyclic) bond motifs is 1. The summed E-state index contributed by atoms with van der Waals surface area (Å²) in [4.78, 5) is 19.2. The number of aromatic nitrogens is 1. The van der Waals surface area contributed by atoms with Crippen LogP contribution in [0.25, 0.3) is 0 Å². The maximum atomic E-state index is 13.0. The first-order valence-electron chi connectivity index (χ1n) is 8.01. The monoisotopic (exact) mass is 393 g/mol. The van der Waals surface area contributed by atoms with Crippen LogP contribution in [0.3, 0.4) is 0 Å². The topological polar surface area (TPSA) is 45.2 Å². The zero-order chi connectivity index (χ0) is 17.4. The Kier molecular flexibility index (Phi) is 4.01. The summed E-state index contributed by atoms with van der Waals surface area (Å²) in [6.45, 7) is 1.98.